The number of para-hydroxylation sites is 1. The third-order valence-corrected chi connectivity index (χ3v) is 5.36. The average Bonchev–Trinajstić information content (AvgIpc) is 2.92. The Morgan fingerprint density at radius 3 is 2.56 bits per heavy atom. The first kappa shape index (κ1) is 16.1. The molecular weight excluding hydrogens is 314 g/mol. The van der Waals surface area contributed by atoms with Crippen LogP contribution >= 0.6 is 0 Å². The van der Waals surface area contributed by atoms with Crippen LogP contribution in [0, 0.1) is 0 Å². The average molecular weight is 337 g/mol. The summed E-state index contributed by atoms with van der Waals surface area (Å²) in [5, 5.41) is 0.959. The van der Waals surface area contributed by atoms with E-state index in [1.807, 2.05) is 34.1 Å². The number of nitrogens with zero attached hydrogens (tertiary/aromatic N) is 3. The number of rotatable bonds is 1. The fourth-order valence-electron chi connectivity index (χ4n) is 4.05. The maximum absolute atomic E-state index is 13.4. The van der Waals surface area contributed by atoms with Crippen molar-refractivity contribution in [2.75, 3.05) is 26.2 Å². The molecule has 1 aliphatic carbocycles. The molecule has 1 aliphatic heterocycles. The molecule has 25 heavy (non-hydrogen) atoms. The molecule has 1 saturated heterocycles. The van der Waals surface area contributed by atoms with Crippen molar-refractivity contribution in [3.05, 3.63) is 41.1 Å². The number of hydrogen-bond acceptors (Lipinski definition) is 3. The fourth-order valence-corrected chi connectivity index (χ4v) is 4.05. The summed E-state index contributed by atoms with van der Waals surface area (Å²) in [5.74, 6) is 0.187. The van der Waals surface area contributed by atoms with E-state index in [0.29, 0.717) is 19.6 Å². The minimum atomic E-state index is 0.0875. The predicted octanol–water partition coefficient (Wildman–Crippen LogP) is 2.42. The molecule has 0 saturated carbocycles. The number of aryl methyl sites for hydroxylation is 1. The van der Waals surface area contributed by atoms with Crippen LogP contribution in [0.15, 0.2) is 24.3 Å². The van der Waals surface area contributed by atoms with Crippen LogP contribution in [0.3, 0.4) is 0 Å². The smallest absolute Gasteiger partial charge is 0.254 e. The molecule has 4 rings (SSSR count). The minimum absolute atomic E-state index is 0.0875. The first-order valence-corrected chi connectivity index (χ1v) is 9.10. The Hall–Kier alpha value is -2.43. The first-order valence-electron chi connectivity index (χ1n) is 9.10. The highest BCUT2D eigenvalue weighted by Crippen LogP contribution is 2.31. The van der Waals surface area contributed by atoms with Crippen molar-refractivity contribution < 1.29 is 9.59 Å². The zero-order valence-electron chi connectivity index (χ0n) is 14.6. The first-order chi connectivity index (χ1) is 12.1. The summed E-state index contributed by atoms with van der Waals surface area (Å²) in [6.45, 7) is 4.25. The highest BCUT2D eigenvalue weighted by molar-refractivity contribution is 6.07. The fraction of sp³-hybridized carbons (Fsp3) is 0.450. The van der Waals surface area contributed by atoms with Gasteiger partial charge in [0.05, 0.1) is 11.1 Å². The SMILES string of the molecule is CC(=O)N1CCCN(C(=O)c2c3c(nc4ccccc24)CCC3)CC1. The Kier molecular flexibility index (Phi) is 4.15. The van der Waals surface area contributed by atoms with Gasteiger partial charge in [0.2, 0.25) is 5.91 Å². The van der Waals surface area contributed by atoms with Gasteiger partial charge < -0.3 is 9.80 Å². The van der Waals surface area contributed by atoms with Gasteiger partial charge in [0.1, 0.15) is 0 Å². The van der Waals surface area contributed by atoms with E-state index in [1.165, 1.54) is 0 Å². The molecule has 5 heteroatoms. The second-order valence-corrected chi connectivity index (χ2v) is 6.93. The topological polar surface area (TPSA) is 53.5 Å². The molecular formula is C20H23N3O2. The molecule has 0 atom stereocenters. The summed E-state index contributed by atoms with van der Waals surface area (Å²) in [7, 11) is 0. The lowest BCUT2D eigenvalue weighted by molar-refractivity contribution is -0.128. The summed E-state index contributed by atoms with van der Waals surface area (Å²) < 4.78 is 0. The number of hydrogen-bond donors (Lipinski definition) is 0. The maximum Gasteiger partial charge on any atom is 0.254 e. The van der Waals surface area contributed by atoms with Gasteiger partial charge in [0, 0.05) is 44.2 Å². The molecule has 130 valence electrons. The van der Waals surface area contributed by atoms with Crippen LogP contribution < -0.4 is 0 Å². The molecule has 1 aromatic carbocycles. The van der Waals surface area contributed by atoms with Crippen LogP contribution in [0.1, 0.15) is 41.4 Å². The molecule has 0 spiro atoms. The normalized spacial score (nSPS) is 17.5. The summed E-state index contributed by atoms with van der Waals surface area (Å²) in [5.41, 5.74) is 3.97. The van der Waals surface area contributed by atoms with E-state index in [9.17, 15) is 9.59 Å². The van der Waals surface area contributed by atoms with Crippen molar-refractivity contribution in [2.45, 2.75) is 32.6 Å². The molecule has 2 aliphatic rings. The van der Waals surface area contributed by atoms with E-state index >= 15 is 0 Å². The highest BCUT2D eigenvalue weighted by Gasteiger charge is 2.28. The lowest BCUT2D eigenvalue weighted by Crippen LogP contribution is -2.37. The zero-order chi connectivity index (χ0) is 17.4. The largest absolute Gasteiger partial charge is 0.341 e. The van der Waals surface area contributed by atoms with Crippen molar-refractivity contribution in [1.29, 1.82) is 0 Å². The quantitative estimate of drug-likeness (QED) is 0.803. The maximum atomic E-state index is 13.4. The lowest BCUT2D eigenvalue weighted by Gasteiger charge is -2.23. The Morgan fingerprint density at radius 2 is 1.72 bits per heavy atom. The van der Waals surface area contributed by atoms with Gasteiger partial charge in [-0.15, -0.1) is 0 Å². The van der Waals surface area contributed by atoms with E-state index in [2.05, 4.69) is 0 Å². The standard InChI is InChI=1S/C20H23N3O2/c1-14(24)22-10-5-11-23(13-12-22)20(25)19-15-6-2-3-8-17(15)21-18-9-4-7-16(18)19/h2-3,6,8H,4-5,7,9-13H2,1H3. The molecule has 0 radical (unpaired) electrons. The van der Waals surface area contributed by atoms with E-state index < -0.39 is 0 Å². The minimum Gasteiger partial charge on any atom is -0.341 e. The predicted molar refractivity (Wildman–Crippen MR) is 96.5 cm³/mol. The summed E-state index contributed by atoms with van der Waals surface area (Å²) in [6, 6.07) is 7.95. The van der Waals surface area contributed by atoms with Gasteiger partial charge in [0.25, 0.3) is 5.91 Å². The van der Waals surface area contributed by atoms with Crippen molar-refractivity contribution in [3.63, 3.8) is 0 Å². The van der Waals surface area contributed by atoms with Gasteiger partial charge >= 0.3 is 0 Å². The molecule has 2 aromatic rings. The van der Waals surface area contributed by atoms with Crippen LogP contribution in [0.25, 0.3) is 10.9 Å². The van der Waals surface area contributed by atoms with Crippen LogP contribution in [0.2, 0.25) is 0 Å². The number of carbonyl (C=O) groups excluding carboxylic acids is 2. The summed E-state index contributed by atoms with van der Waals surface area (Å²) in [6.07, 6.45) is 3.79. The van der Waals surface area contributed by atoms with E-state index in [-0.39, 0.29) is 11.8 Å². The van der Waals surface area contributed by atoms with Gasteiger partial charge in [-0.2, -0.15) is 0 Å². The molecule has 2 heterocycles. The van der Waals surface area contributed by atoms with Crippen LogP contribution in [0.4, 0.5) is 0 Å². The second kappa shape index (κ2) is 6.47. The molecule has 0 N–H and O–H groups in total. The van der Waals surface area contributed by atoms with Gasteiger partial charge in [-0.05, 0) is 37.3 Å². The second-order valence-electron chi connectivity index (χ2n) is 6.93. The van der Waals surface area contributed by atoms with Crippen molar-refractivity contribution in [2.24, 2.45) is 0 Å². The van der Waals surface area contributed by atoms with Gasteiger partial charge in [0.15, 0.2) is 0 Å². The van der Waals surface area contributed by atoms with Crippen molar-refractivity contribution in [3.8, 4) is 0 Å². The highest BCUT2D eigenvalue weighted by atomic mass is 16.2. The lowest BCUT2D eigenvalue weighted by atomic mass is 10.00. The van der Waals surface area contributed by atoms with Gasteiger partial charge in [-0.25, -0.2) is 0 Å². The van der Waals surface area contributed by atoms with Crippen LogP contribution in [-0.4, -0.2) is 52.8 Å². The van der Waals surface area contributed by atoms with Crippen molar-refractivity contribution >= 4 is 22.7 Å². The Bertz CT molecular complexity index is 846. The summed E-state index contributed by atoms with van der Waals surface area (Å²) >= 11 is 0. The van der Waals surface area contributed by atoms with E-state index in [4.69, 9.17) is 4.98 Å². The molecule has 1 fully saturated rings. The van der Waals surface area contributed by atoms with Crippen molar-refractivity contribution in [1.82, 2.24) is 14.8 Å². The Morgan fingerprint density at radius 1 is 0.960 bits per heavy atom. The number of benzene rings is 1. The molecule has 1 aromatic heterocycles. The number of carbonyl (C=O) groups is 2. The zero-order valence-corrected chi connectivity index (χ0v) is 14.6. The number of amides is 2. The number of fused-ring (bicyclic) bond motifs is 2. The van der Waals surface area contributed by atoms with Gasteiger partial charge in [-0.3, -0.25) is 14.6 Å². The third-order valence-electron chi connectivity index (χ3n) is 5.36. The van der Waals surface area contributed by atoms with Gasteiger partial charge in [-0.1, -0.05) is 18.2 Å². The Labute approximate surface area is 147 Å². The summed E-state index contributed by atoms with van der Waals surface area (Å²) in [4.78, 5) is 33.6. The van der Waals surface area contributed by atoms with E-state index in [1.54, 1.807) is 6.92 Å². The molecule has 0 bridgehead atoms. The Balaban J connectivity index is 1.72. The number of pyridine rings is 1. The molecule has 0 unspecified atom stereocenters. The molecule has 2 amide bonds. The van der Waals surface area contributed by atoms with Crippen LogP contribution in [-0.2, 0) is 17.6 Å². The van der Waals surface area contributed by atoms with Crippen LogP contribution in [0.5, 0.6) is 0 Å². The molecule has 5 nitrogen and oxygen atoms in total. The monoisotopic (exact) mass is 337 g/mol. The third kappa shape index (κ3) is 2.88. The number of aromatic nitrogens is 1. The van der Waals surface area contributed by atoms with E-state index in [0.717, 1.165) is 60.0 Å².